The number of esters is 1. The van der Waals surface area contributed by atoms with E-state index < -0.39 is 0 Å². The lowest BCUT2D eigenvalue weighted by Gasteiger charge is -2.08. The number of hydrogen-bond acceptors (Lipinski definition) is 8. The highest BCUT2D eigenvalue weighted by molar-refractivity contribution is 5.69. The first-order valence-corrected chi connectivity index (χ1v) is 10.4. The Morgan fingerprint density at radius 1 is 0.536 bits per heavy atom. The Hall–Kier alpha value is -0.770. The van der Waals surface area contributed by atoms with E-state index in [9.17, 15) is 4.79 Å². The normalized spacial score (nSPS) is 11.1. The molecule has 0 saturated carbocycles. The van der Waals surface area contributed by atoms with Crippen LogP contribution >= 0.6 is 0 Å². The summed E-state index contributed by atoms with van der Waals surface area (Å²) in [5, 5.41) is 0. The van der Waals surface area contributed by atoms with Crippen molar-refractivity contribution >= 4 is 5.97 Å². The Morgan fingerprint density at radius 2 is 0.929 bits per heavy atom. The van der Waals surface area contributed by atoms with E-state index in [0.29, 0.717) is 92.3 Å². The minimum atomic E-state index is -0.150. The van der Waals surface area contributed by atoms with Crippen LogP contribution < -0.4 is 0 Å². The van der Waals surface area contributed by atoms with Crippen LogP contribution in [0.15, 0.2) is 0 Å². The number of carbonyl (C=O) groups is 1. The number of hydrogen-bond donors (Lipinski definition) is 0. The molecule has 0 N–H and O–H groups in total. The molecule has 0 aromatic carbocycles. The van der Waals surface area contributed by atoms with Crippen molar-refractivity contribution < 1.29 is 38.0 Å². The van der Waals surface area contributed by atoms with Gasteiger partial charge in [0, 0.05) is 13.0 Å². The number of ether oxygens (including phenoxy) is 7. The van der Waals surface area contributed by atoms with E-state index in [2.05, 4.69) is 6.92 Å². The molecule has 0 heterocycles. The fourth-order valence-electron chi connectivity index (χ4n) is 2.05. The van der Waals surface area contributed by atoms with E-state index >= 15 is 0 Å². The Balaban J connectivity index is 3.06. The molecule has 0 aromatic rings. The van der Waals surface area contributed by atoms with Gasteiger partial charge in [0.25, 0.3) is 0 Å². The second-order valence-electron chi connectivity index (χ2n) is 5.94. The predicted octanol–water partition coefficient (Wildman–Crippen LogP) is 2.23. The van der Waals surface area contributed by atoms with Gasteiger partial charge in [-0.05, 0) is 13.3 Å². The fourth-order valence-corrected chi connectivity index (χ4v) is 2.05. The highest BCUT2D eigenvalue weighted by atomic mass is 16.6. The second-order valence-corrected chi connectivity index (χ2v) is 5.94. The van der Waals surface area contributed by atoms with E-state index in [1.807, 2.05) is 6.92 Å². The van der Waals surface area contributed by atoms with Gasteiger partial charge < -0.3 is 33.2 Å². The summed E-state index contributed by atoms with van der Waals surface area (Å²) >= 11 is 0. The molecule has 0 fully saturated rings. The molecular formula is C20H40O8. The first-order chi connectivity index (χ1) is 13.8. The first kappa shape index (κ1) is 27.2. The summed E-state index contributed by atoms with van der Waals surface area (Å²) in [6.07, 6.45) is 3.54. The lowest BCUT2D eigenvalue weighted by Crippen LogP contribution is -2.15. The summed E-state index contributed by atoms with van der Waals surface area (Å²) < 4.78 is 37.1. The van der Waals surface area contributed by atoms with Gasteiger partial charge in [0.05, 0.1) is 72.7 Å². The van der Waals surface area contributed by atoms with Crippen molar-refractivity contribution in [1.82, 2.24) is 0 Å². The zero-order valence-electron chi connectivity index (χ0n) is 17.8. The molecule has 0 unspecified atom stereocenters. The average Bonchev–Trinajstić information content (AvgIpc) is 2.70. The Bertz CT molecular complexity index is 315. The highest BCUT2D eigenvalue weighted by Crippen LogP contribution is 2.00. The van der Waals surface area contributed by atoms with Crippen molar-refractivity contribution in [2.24, 2.45) is 0 Å². The van der Waals surface area contributed by atoms with E-state index in [0.717, 1.165) is 19.3 Å². The minimum absolute atomic E-state index is 0.150. The van der Waals surface area contributed by atoms with Gasteiger partial charge in [-0.3, -0.25) is 4.79 Å². The number of carbonyl (C=O) groups excluding carboxylic acids is 1. The van der Waals surface area contributed by atoms with Crippen LogP contribution in [0.1, 0.15) is 39.5 Å². The van der Waals surface area contributed by atoms with Crippen LogP contribution in [0.5, 0.6) is 0 Å². The number of rotatable bonds is 23. The molecule has 8 nitrogen and oxygen atoms in total. The standard InChI is InChI=1S/C20H40O8/c1-3-5-6-7-20(21)28-19-18-27-17-16-26-15-14-25-13-12-24-11-10-23-9-8-22-4-2/h3-19H2,1-2H3. The van der Waals surface area contributed by atoms with Gasteiger partial charge in [-0.15, -0.1) is 0 Å². The van der Waals surface area contributed by atoms with E-state index in [1.165, 1.54) is 0 Å². The van der Waals surface area contributed by atoms with Gasteiger partial charge in [0.2, 0.25) is 0 Å². The van der Waals surface area contributed by atoms with Crippen molar-refractivity contribution in [3.8, 4) is 0 Å². The molecule has 0 atom stereocenters. The van der Waals surface area contributed by atoms with Crippen molar-refractivity contribution in [2.75, 3.05) is 85.9 Å². The molecule has 0 aliphatic rings. The van der Waals surface area contributed by atoms with Gasteiger partial charge in [-0.1, -0.05) is 19.8 Å². The molecule has 0 aliphatic heterocycles. The predicted molar refractivity (Wildman–Crippen MR) is 106 cm³/mol. The molecule has 0 aliphatic carbocycles. The largest absolute Gasteiger partial charge is 0.463 e. The lowest BCUT2D eigenvalue weighted by atomic mass is 10.2. The fraction of sp³-hybridized carbons (Fsp3) is 0.950. The lowest BCUT2D eigenvalue weighted by molar-refractivity contribution is -0.145. The average molecular weight is 409 g/mol. The van der Waals surface area contributed by atoms with Crippen LogP contribution in [-0.2, 0) is 38.0 Å². The number of unbranched alkanes of at least 4 members (excludes halogenated alkanes) is 2. The molecule has 0 bridgehead atoms. The van der Waals surface area contributed by atoms with Gasteiger partial charge >= 0.3 is 5.97 Å². The second kappa shape index (κ2) is 24.3. The SMILES string of the molecule is CCCCCC(=O)OCCOCCOCCOCCOCCOCCOCC. The molecule has 168 valence electrons. The maximum absolute atomic E-state index is 11.4. The quantitative estimate of drug-likeness (QED) is 0.188. The molecule has 28 heavy (non-hydrogen) atoms. The maximum Gasteiger partial charge on any atom is 0.305 e. The third kappa shape index (κ3) is 23.3. The van der Waals surface area contributed by atoms with Gasteiger partial charge in [-0.2, -0.15) is 0 Å². The zero-order valence-corrected chi connectivity index (χ0v) is 17.8. The molecule has 0 saturated heterocycles. The van der Waals surface area contributed by atoms with Crippen LogP contribution in [0.25, 0.3) is 0 Å². The Kier molecular flexibility index (Phi) is 23.6. The maximum atomic E-state index is 11.4. The van der Waals surface area contributed by atoms with E-state index in [1.54, 1.807) is 0 Å². The van der Waals surface area contributed by atoms with Crippen LogP contribution in [0.2, 0.25) is 0 Å². The van der Waals surface area contributed by atoms with E-state index in [-0.39, 0.29) is 5.97 Å². The highest BCUT2D eigenvalue weighted by Gasteiger charge is 2.01. The third-order valence-electron chi connectivity index (χ3n) is 3.54. The van der Waals surface area contributed by atoms with Gasteiger partial charge in [0.15, 0.2) is 0 Å². The molecule has 0 amide bonds. The summed E-state index contributed by atoms with van der Waals surface area (Å²) in [4.78, 5) is 11.4. The van der Waals surface area contributed by atoms with Crippen LogP contribution in [0.4, 0.5) is 0 Å². The first-order valence-electron chi connectivity index (χ1n) is 10.4. The van der Waals surface area contributed by atoms with Gasteiger partial charge in [-0.25, -0.2) is 0 Å². The molecule has 0 rings (SSSR count). The minimum Gasteiger partial charge on any atom is -0.463 e. The van der Waals surface area contributed by atoms with Crippen LogP contribution in [0.3, 0.4) is 0 Å². The van der Waals surface area contributed by atoms with Crippen molar-refractivity contribution in [2.45, 2.75) is 39.5 Å². The van der Waals surface area contributed by atoms with E-state index in [4.69, 9.17) is 33.2 Å². The van der Waals surface area contributed by atoms with Crippen LogP contribution in [0, 0.1) is 0 Å². The molecule has 0 aromatic heterocycles. The summed E-state index contributed by atoms with van der Waals surface area (Å²) in [7, 11) is 0. The monoisotopic (exact) mass is 408 g/mol. The summed E-state index contributed by atoms with van der Waals surface area (Å²) in [6.45, 7) is 10.9. The smallest absolute Gasteiger partial charge is 0.305 e. The molecular weight excluding hydrogens is 368 g/mol. The summed E-state index contributed by atoms with van der Waals surface area (Å²) in [6, 6.07) is 0. The molecule has 8 heteroatoms. The molecule has 0 radical (unpaired) electrons. The van der Waals surface area contributed by atoms with Crippen molar-refractivity contribution in [1.29, 1.82) is 0 Å². The Morgan fingerprint density at radius 3 is 1.32 bits per heavy atom. The third-order valence-corrected chi connectivity index (χ3v) is 3.54. The zero-order chi connectivity index (χ0) is 20.5. The molecule has 0 spiro atoms. The Labute approximate surface area is 170 Å². The van der Waals surface area contributed by atoms with Gasteiger partial charge in [0.1, 0.15) is 6.61 Å². The van der Waals surface area contributed by atoms with Crippen molar-refractivity contribution in [3.63, 3.8) is 0 Å². The van der Waals surface area contributed by atoms with Crippen LogP contribution in [-0.4, -0.2) is 91.9 Å². The summed E-state index contributed by atoms with van der Waals surface area (Å²) in [5.41, 5.74) is 0. The van der Waals surface area contributed by atoms with Crippen molar-refractivity contribution in [3.05, 3.63) is 0 Å². The topological polar surface area (TPSA) is 81.7 Å². The summed E-state index contributed by atoms with van der Waals surface area (Å²) in [5.74, 6) is -0.150.